The fraction of sp³-hybridized carbons (Fsp3) is 0.588. The molecule has 1 aromatic rings. The van der Waals surface area contributed by atoms with Crippen molar-refractivity contribution in [2.24, 2.45) is 0 Å². The highest BCUT2D eigenvalue weighted by atomic mass is 16.6. The second kappa shape index (κ2) is 8.62. The van der Waals surface area contributed by atoms with Gasteiger partial charge < -0.3 is 10.6 Å². The molecule has 0 unspecified atom stereocenters. The van der Waals surface area contributed by atoms with Crippen molar-refractivity contribution in [1.82, 2.24) is 10.6 Å². The fourth-order valence-electron chi connectivity index (χ4n) is 3.05. The predicted octanol–water partition coefficient (Wildman–Crippen LogP) is 2.95. The molecule has 0 radical (unpaired) electrons. The van der Waals surface area contributed by atoms with Gasteiger partial charge in [0.1, 0.15) is 0 Å². The average molecular weight is 319 g/mol. The van der Waals surface area contributed by atoms with Crippen LogP contribution in [-0.4, -0.2) is 30.0 Å². The largest absolute Gasteiger partial charge is 0.351 e. The van der Waals surface area contributed by atoms with Crippen LogP contribution in [0.5, 0.6) is 0 Å². The molecule has 23 heavy (non-hydrogen) atoms. The van der Waals surface area contributed by atoms with Crippen molar-refractivity contribution in [3.63, 3.8) is 0 Å². The van der Waals surface area contributed by atoms with Crippen molar-refractivity contribution in [2.45, 2.75) is 51.5 Å². The Balaban J connectivity index is 1.77. The van der Waals surface area contributed by atoms with Gasteiger partial charge in [-0.25, -0.2) is 0 Å². The van der Waals surface area contributed by atoms with Gasteiger partial charge in [-0.2, -0.15) is 0 Å². The van der Waals surface area contributed by atoms with Gasteiger partial charge in [0.25, 0.3) is 11.6 Å². The maximum Gasteiger partial charge on any atom is 0.269 e. The number of aryl methyl sites for hydroxylation is 1. The van der Waals surface area contributed by atoms with Gasteiger partial charge in [-0.05, 0) is 31.4 Å². The van der Waals surface area contributed by atoms with Gasteiger partial charge in [0.05, 0.1) is 4.92 Å². The molecular formula is C17H25N3O3. The van der Waals surface area contributed by atoms with Crippen molar-refractivity contribution < 1.29 is 9.72 Å². The van der Waals surface area contributed by atoms with Crippen LogP contribution >= 0.6 is 0 Å². The summed E-state index contributed by atoms with van der Waals surface area (Å²) in [4.78, 5) is 22.4. The van der Waals surface area contributed by atoms with E-state index in [9.17, 15) is 14.9 Å². The third-order valence-corrected chi connectivity index (χ3v) is 4.36. The molecule has 0 aliphatic heterocycles. The van der Waals surface area contributed by atoms with E-state index in [2.05, 4.69) is 10.6 Å². The molecule has 2 rings (SSSR count). The summed E-state index contributed by atoms with van der Waals surface area (Å²) in [6.07, 6.45) is 7.66. The Morgan fingerprint density at radius 1 is 1.22 bits per heavy atom. The predicted molar refractivity (Wildman–Crippen MR) is 89.7 cm³/mol. The van der Waals surface area contributed by atoms with Gasteiger partial charge in [-0.1, -0.05) is 25.7 Å². The normalized spacial score (nSPS) is 15.9. The molecule has 6 nitrogen and oxygen atoms in total. The number of nitrogens with zero attached hydrogens (tertiary/aromatic N) is 1. The standard InChI is InChI=1S/C17H25N3O3/c1-13-12-15(20(22)23)8-9-16(13)17(21)19-11-10-18-14-6-4-2-3-5-7-14/h8-9,12,14,18H,2-7,10-11H2,1H3,(H,19,21). The summed E-state index contributed by atoms with van der Waals surface area (Å²) in [5.41, 5.74) is 1.12. The van der Waals surface area contributed by atoms with Crippen molar-refractivity contribution >= 4 is 11.6 Å². The fourth-order valence-corrected chi connectivity index (χ4v) is 3.05. The monoisotopic (exact) mass is 319 g/mol. The van der Waals surface area contributed by atoms with Crippen molar-refractivity contribution in [2.75, 3.05) is 13.1 Å². The Bertz CT molecular complexity index is 552. The molecule has 1 saturated carbocycles. The van der Waals surface area contributed by atoms with Crippen LogP contribution in [-0.2, 0) is 0 Å². The van der Waals surface area contributed by atoms with E-state index in [1.165, 1.54) is 56.7 Å². The van der Waals surface area contributed by atoms with Gasteiger partial charge in [0.15, 0.2) is 0 Å². The van der Waals surface area contributed by atoms with Crippen LogP contribution in [0.4, 0.5) is 5.69 Å². The summed E-state index contributed by atoms with van der Waals surface area (Å²) in [5, 5.41) is 17.1. The summed E-state index contributed by atoms with van der Waals surface area (Å²) < 4.78 is 0. The molecule has 126 valence electrons. The molecular weight excluding hydrogens is 294 g/mol. The molecule has 0 spiro atoms. The molecule has 2 N–H and O–H groups in total. The first-order valence-electron chi connectivity index (χ1n) is 8.34. The number of carbonyl (C=O) groups excluding carboxylic acids is 1. The van der Waals surface area contributed by atoms with E-state index in [4.69, 9.17) is 0 Å². The Kier molecular flexibility index (Phi) is 6.52. The van der Waals surface area contributed by atoms with Crippen LogP contribution < -0.4 is 10.6 Å². The van der Waals surface area contributed by atoms with Crippen LogP contribution in [0.25, 0.3) is 0 Å². The molecule has 1 amide bonds. The van der Waals surface area contributed by atoms with Gasteiger partial charge in [0.2, 0.25) is 0 Å². The smallest absolute Gasteiger partial charge is 0.269 e. The number of hydrogen-bond donors (Lipinski definition) is 2. The summed E-state index contributed by atoms with van der Waals surface area (Å²) in [5.74, 6) is -0.180. The van der Waals surface area contributed by atoms with E-state index < -0.39 is 4.92 Å². The minimum Gasteiger partial charge on any atom is -0.351 e. The first-order chi connectivity index (χ1) is 11.1. The van der Waals surface area contributed by atoms with Crippen LogP contribution in [0.3, 0.4) is 0 Å². The molecule has 1 aliphatic carbocycles. The van der Waals surface area contributed by atoms with E-state index in [0.29, 0.717) is 23.7 Å². The molecule has 0 saturated heterocycles. The minimum absolute atomic E-state index is 0.00841. The van der Waals surface area contributed by atoms with Crippen molar-refractivity contribution in [1.29, 1.82) is 0 Å². The van der Waals surface area contributed by atoms with Gasteiger partial charge >= 0.3 is 0 Å². The third kappa shape index (κ3) is 5.32. The lowest BCUT2D eigenvalue weighted by Crippen LogP contribution is -2.37. The highest BCUT2D eigenvalue weighted by Crippen LogP contribution is 2.18. The summed E-state index contributed by atoms with van der Waals surface area (Å²) >= 11 is 0. The topological polar surface area (TPSA) is 84.3 Å². The van der Waals surface area contributed by atoms with Crippen molar-refractivity contribution in [3.05, 3.63) is 39.4 Å². The highest BCUT2D eigenvalue weighted by molar-refractivity contribution is 5.95. The van der Waals surface area contributed by atoms with E-state index in [1.54, 1.807) is 6.92 Å². The Morgan fingerprint density at radius 3 is 2.52 bits per heavy atom. The van der Waals surface area contributed by atoms with Gasteiger partial charge in [-0.15, -0.1) is 0 Å². The minimum atomic E-state index is -0.453. The number of hydrogen-bond acceptors (Lipinski definition) is 4. The lowest BCUT2D eigenvalue weighted by atomic mass is 10.1. The number of carbonyl (C=O) groups is 1. The maximum atomic E-state index is 12.1. The molecule has 6 heteroatoms. The average Bonchev–Trinajstić information content (AvgIpc) is 2.80. The second-order valence-electron chi connectivity index (χ2n) is 6.15. The Labute approximate surface area is 136 Å². The summed E-state index contributed by atoms with van der Waals surface area (Å²) in [6, 6.07) is 4.88. The molecule has 0 atom stereocenters. The number of benzene rings is 1. The Morgan fingerprint density at radius 2 is 1.91 bits per heavy atom. The molecule has 0 heterocycles. The van der Waals surface area contributed by atoms with E-state index in [0.717, 1.165) is 6.54 Å². The zero-order chi connectivity index (χ0) is 16.7. The maximum absolute atomic E-state index is 12.1. The van der Waals surface area contributed by atoms with Crippen LogP contribution in [0, 0.1) is 17.0 Å². The third-order valence-electron chi connectivity index (χ3n) is 4.36. The molecule has 0 aromatic heterocycles. The molecule has 1 aliphatic rings. The first kappa shape index (κ1) is 17.4. The molecule has 1 fully saturated rings. The first-order valence-corrected chi connectivity index (χ1v) is 8.34. The summed E-state index contributed by atoms with van der Waals surface area (Å²) in [7, 11) is 0. The van der Waals surface area contributed by atoms with E-state index in [-0.39, 0.29) is 11.6 Å². The van der Waals surface area contributed by atoms with E-state index in [1.807, 2.05) is 0 Å². The second-order valence-corrected chi connectivity index (χ2v) is 6.15. The molecule has 1 aromatic carbocycles. The van der Waals surface area contributed by atoms with E-state index >= 15 is 0 Å². The van der Waals surface area contributed by atoms with Crippen molar-refractivity contribution in [3.8, 4) is 0 Å². The quantitative estimate of drug-likeness (QED) is 0.365. The summed E-state index contributed by atoms with van der Waals surface area (Å²) in [6.45, 7) is 3.03. The van der Waals surface area contributed by atoms with Gasteiger partial charge in [-0.3, -0.25) is 14.9 Å². The number of nitro benzene ring substituents is 1. The zero-order valence-corrected chi connectivity index (χ0v) is 13.6. The van der Waals surface area contributed by atoms with Crippen LogP contribution in [0.1, 0.15) is 54.4 Å². The number of amides is 1. The number of rotatable bonds is 6. The van der Waals surface area contributed by atoms with Crippen LogP contribution in [0.15, 0.2) is 18.2 Å². The van der Waals surface area contributed by atoms with Gasteiger partial charge in [0, 0.05) is 36.8 Å². The Hall–Kier alpha value is -1.95. The van der Waals surface area contributed by atoms with Crippen LogP contribution in [0.2, 0.25) is 0 Å². The SMILES string of the molecule is Cc1cc([N+](=O)[O-])ccc1C(=O)NCCNC1CCCCCC1. The lowest BCUT2D eigenvalue weighted by molar-refractivity contribution is -0.384. The molecule has 0 bridgehead atoms. The number of nitro groups is 1. The lowest BCUT2D eigenvalue weighted by Gasteiger charge is -2.16. The number of non-ortho nitro benzene ring substituents is 1. The highest BCUT2D eigenvalue weighted by Gasteiger charge is 2.14. The zero-order valence-electron chi connectivity index (χ0n) is 13.6. The number of nitrogens with one attached hydrogen (secondary N) is 2.